The van der Waals surface area contributed by atoms with Crippen LogP contribution in [0.5, 0.6) is 11.8 Å². The first-order valence-corrected chi connectivity index (χ1v) is 16.5. The highest BCUT2D eigenvalue weighted by Crippen LogP contribution is 2.42. The molecule has 0 aliphatic carbocycles. The van der Waals surface area contributed by atoms with Gasteiger partial charge in [-0.25, -0.2) is 9.97 Å². The van der Waals surface area contributed by atoms with Gasteiger partial charge in [-0.15, -0.1) is 0 Å². The van der Waals surface area contributed by atoms with Gasteiger partial charge in [0, 0.05) is 73.4 Å². The number of nitrogens with one attached hydrogen (secondary N) is 4. The molecule has 2 aromatic heterocycles. The lowest BCUT2D eigenvalue weighted by Gasteiger charge is -2.15. The number of nitrogens with zero attached hydrogens (tertiary/aromatic N) is 4. The predicted molar refractivity (Wildman–Crippen MR) is 183 cm³/mol. The number of benzene rings is 2. The molecular formula is C34H36Cl2N8O4. The lowest BCUT2D eigenvalue weighted by Crippen LogP contribution is -2.35. The Morgan fingerprint density at radius 3 is 1.50 bits per heavy atom. The largest absolute Gasteiger partial charge is 0.480 e. The Balaban J connectivity index is 1.20. The minimum absolute atomic E-state index is 0.0799. The standard InChI is InChI=1S/C34H36Cl2N8O4/c1-47-33-27(15-37-13-19-9-11-29(45)41-19)39-17-25(43-33)23-7-3-5-21(31(23)35)22-6-4-8-24(32(22)36)26-18-40-28(34(44-26)48-2)16-38-14-20-10-12-30(46)42-20/h3-8,17-20,37-38H,9-16H2,1-2H3,(H,41,45)(H,42,46)/t19-,20+. The predicted octanol–water partition coefficient (Wildman–Crippen LogP) is 4.33. The molecule has 0 bridgehead atoms. The number of carbonyl (C=O) groups excluding carboxylic acids is 2. The van der Waals surface area contributed by atoms with Gasteiger partial charge in [-0.05, 0) is 12.8 Å². The van der Waals surface area contributed by atoms with E-state index in [4.69, 9.17) is 42.6 Å². The van der Waals surface area contributed by atoms with E-state index in [0.717, 1.165) is 12.8 Å². The van der Waals surface area contributed by atoms with Crippen LogP contribution in [-0.2, 0) is 22.7 Å². The van der Waals surface area contributed by atoms with Crippen molar-refractivity contribution in [2.75, 3.05) is 27.3 Å². The molecule has 0 spiro atoms. The van der Waals surface area contributed by atoms with Crippen LogP contribution in [0, 0.1) is 0 Å². The summed E-state index contributed by atoms with van der Waals surface area (Å²) in [6.45, 7) is 2.14. The number of hydrogen-bond donors (Lipinski definition) is 4. The zero-order valence-electron chi connectivity index (χ0n) is 26.6. The van der Waals surface area contributed by atoms with Crippen molar-refractivity contribution in [1.29, 1.82) is 0 Å². The average Bonchev–Trinajstić information content (AvgIpc) is 3.72. The summed E-state index contributed by atoms with van der Waals surface area (Å²) in [5.41, 5.74) is 5.16. The molecule has 2 aliphatic rings. The molecule has 0 unspecified atom stereocenters. The number of amides is 2. The number of halogens is 2. The van der Waals surface area contributed by atoms with Crippen LogP contribution in [0.25, 0.3) is 33.6 Å². The minimum atomic E-state index is 0.0799. The van der Waals surface area contributed by atoms with Gasteiger partial charge < -0.3 is 30.7 Å². The molecule has 4 heterocycles. The van der Waals surface area contributed by atoms with Gasteiger partial charge in [0.25, 0.3) is 0 Å². The fraction of sp³-hybridized carbons (Fsp3) is 0.353. The Hall–Kier alpha value is -4.36. The Kier molecular flexibility index (Phi) is 10.7. The average molecular weight is 692 g/mol. The van der Waals surface area contributed by atoms with E-state index in [9.17, 15) is 9.59 Å². The lowest BCUT2D eigenvalue weighted by molar-refractivity contribution is -0.120. The summed E-state index contributed by atoms with van der Waals surface area (Å²) in [6, 6.07) is 11.5. The third kappa shape index (κ3) is 7.52. The fourth-order valence-corrected chi connectivity index (χ4v) is 6.54. The van der Waals surface area contributed by atoms with Crippen LogP contribution in [0.1, 0.15) is 37.1 Å². The molecular weight excluding hydrogens is 655 g/mol. The summed E-state index contributed by atoms with van der Waals surface area (Å²) in [4.78, 5) is 41.6. The number of carbonyl (C=O) groups is 2. The van der Waals surface area contributed by atoms with Crippen LogP contribution in [-0.4, -0.2) is 71.1 Å². The van der Waals surface area contributed by atoms with E-state index in [1.165, 1.54) is 0 Å². The van der Waals surface area contributed by atoms with Gasteiger partial charge in [-0.2, -0.15) is 0 Å². The molecule has 2 aromatic carbocycles. The SMILES string of the molecule is COc1nc(-c2cccc(-c3cccc(-c4cnc(CNC[C@@H]5CCC(=O)N5)c(OC)n4)c3Cl)c2Cl)cnc1CNC[C@H]1CCC(=O)N1. The van der Waals surface area contributed by atoms with Crippen molar-refractivity contribution in [2.45, 2.75) is 50.9 Å². The van der Waals surface area contributed by atoms with Crippen LogP contribution >= 0.6 is 23.2 Å². The molecule has 2 atom stereocenters. The lowest BCUT2D eigenvalue weighted by atomic mass is 9.98. The van der Waals surface area contributed by atoms with Crippen molar-refractivity contribution in [1.82, 2.24) is 41.2 Å². The van der Waals surface area contributed by atoms with Gasteiger partial charge in [-0.1, -0.05) is 59.6 Å². The quantitative estimate of drug-likeness (QED) is 0.160. The third-order valence-electron chi connectivity index (χ3n) is 8.39. The third-order valence-corrected chi connectivity index (χ3v) is 9.20. The monoisotopic (exact) mass is 690 g/mol. The maximum atomic E-state index is 11.5. The van der Waals surface area contributed by atoms with Crippen LogP contribution in [0.2, 0.25) is 10.0 Å². The summed E-state index contributed by atoms with van der Waals surface area (Å²) >= 11 is 14.1. The molecule has 4 N–H and O–H groups in total. The number of methoxy groups -OCH3 is 2. The number of ether oxygens (including phenoxy) is 2. The molecule has 48 heavy (non-hydrogen) atoms. The van der Waals surface area contributed by atoms with E-state index < -0.39 is 0 Å². The van der Waals surface area contributed by atoms with Crippen LogP contribution in [0.4, 0.5) is 0 Å². The summed E-state index contributed by atoms with van der Waals surface area (Å²) in [7, 11) is 3.10. The van der Waals surface area contributed by atoms with Gasteiger partial charge in [0.05, 0.1) is 48.0 Å². The van der Waals surface area contributed by atoms with Gasteiger partial charge >= 0.3 is 0 Å². The smallest absolute Gasteiger partial charge is 0.237 e. The molecule has 2 aliphatic heterocycles. The van der Waals surface area contributed by atoms with E-state index in [1.807, 2.05) is 36.4 Å². The Morgan fingerprint density at radius 1 is 0.708 bits per heavy atom. The summed E-state index contributed by atoms with van der Waals surface area (Å²) < 4.78 is 11.1. The van der Waals surface area contributed by atoms with Crippen molar-refractivity contribution < 1.29 is 19.1 Å². The minimum Gasteiger partial charge on any atom is -0.480 e. The van der Waals surface area contributed by atoms with E-state index in [2.05, 4.69) is 31.2 Å². The topological polar surface area (TPSA) is 152 Å². The molecule has 14 heteroatoms. The Labute approximate surface area is 288 Å². The molecule has 0 radical (unpaired) electrons. The highest BCUT2D eigenvalue weighted by atomic mass is 35.5. The van der Waals surface area contributed by atoms with Crippen molar-refractivity contribution in [3.05, 3.63) is 70.2 Å². The normalized spacial score (nSPS) is 17.3. The molecule has 0 saturated carbocycles. The van der Waals surface area contributed by atoms with Crippen molar-refractivity contribution in [3.8, 4) is 45.4 Å². The van der Waals surface area contributed by atoms with Gasteiger partial charge in [0.1, 0.15) is 11.4 Å². The number of hydrogen-bond acceptors (Lipinski definition) is 10. The summed E-state index contributed by atoms with van der Waals surface area (Å²) in [6.07, 6.45) is 6.07. The van der Waals surface area contributed by atoms with Gasteiger partial charge in [0.15, 0.2) is 0 Å². The van der Waals surface area contributed by atoms with E-state index in [1.54, 1.807) is 26.6 Å². The zero-order chi connectivity index (χ0) is 33.6. The van der Waals surface area contributed by atoms with Crippen molar-refractivity contribution >= 4 is 35.0 Å². The molecule has 250 valence electrons. The Morgan fingerprint density at radius 2 is 1.12 bits per heavy atom. The first-order valence-electron chi connectivity index (χ1n) is 15.7. The second-order valence-corrected chi connectivity index (χ2v) is 12.4. The summed E-state index contributed by atoms with van der Waals surface area (Å²) in [5, 5.41) is 13.5. The molecule has 4 aromatic rings. The first kappa shape index (κ1) is 33.5. The van der Waals surface area contributed by atoms with Gasteiger partial charge in [0.2, 0.25) is 23.6 Å². The highest BCUT2D eigenvalue weighted by Gasteiger charge is 2.23. The fourth-order valence-electron chi connectivity index (χ4n) is 5.89. The molecule has 6 rings (SSSR count). The second-order valence-electron chi connectivity index (χ2n) is 11.6. The van der Waals surface area contributed by atoms with Crippen LogP contribution in [0.15, 0.2) is 48.8 Å². The molecule has 2 saturated heterocycles. The van der Waals surface area contributed by atoms with E-state index in [0.29, 0.717) is 106 Å². The van der Waals surface area contributed by atoms with E-state index >= 15 is 0 Å². The number of rotatable bonds is 13. The van der Waals surface area contributed by atoms with Crippen molar-refractivity contribution in [2.24, 2.45) is 0 Å². The summed E-state index contributed by atoms with van der Waals surface area (Å²) in [5.74, 6) is 0.925. The second kappa shape index (κ2) is 15.2. The zero-order valence-corrected chi connectivity index (χ0v) is 28.1. The van der Waals surface area contributed by atoms with E-state index in [-0.39, 0.29) is 23.9 Å². The Bertz CT molecular complexity index is 1690. The van der Waals surface area contributed by atoms with Crippen LogP contribution in [0.3, 0.4) is 0 Å². The maximum Gasteiger partial charge on any atom is 0.237 e. The maximum absolute atomic E-state index is 11.5. The van der Waals surface area contributed by atoms with Crippen molar-refractivity contribution in [3.63, 3.8) is 0 Å². The van der Waals surface area contributed by atoms with Crippen LogP contribution < -0.4 is 30.7 Å². The first-order chi connectivity index (χ1) is 23.3. The van der Waals surface area contributed by atoms with Gasteiger partial charge in [-0.3, -0.25) is 19.6 Å². The number of aromatic nitrogens is 4. The highest BCUT2D eigenvalue weighted by molar-refractivity contribution is 6.39. The molecule has 12 nitrogen and oxygen atoms in total. The molecule has 2 amide bonds. The molecule has 2 fully saturated rings.